The molecular weight excluding hydrogens is 412 g/mol. The van der Waals surface area contributed by atoms with Crippen LogP contribution in [0.25, 0.3) is 0 Å². The second-order valence-corrected chi connectivity index (χ2v) is 7.37. The molecule has 0 bridgehead atoms. The number of nitrogens with zero attached hydrogens (tertiary/aromatic N) is 3. The summed E-state index contributed by atoms with van der Waals surface area (Å²) >= 11 is 6.03. The van der Waals surface area contributed by atoms with Crippen LogP contribution in [0.3, 0.4) is 0 Å². The Kier molecular flexibility index (Phi) is 6.02. The van der Waals surface area contributed by atoms with Crippen LogP contribution < -0.4 is 10.2 Å². The summed E-state index contributed by atoms with van der Waals surface area (Å²) in [6.07, 6.45) is 0.117. The number of carbonyl (C=O) groups excluding carboxylic acids is 3. The van der Waals surface area contributed by atoms with Gasteiger partial charge in [0.2, 0.25) is 11.8 Å². The van der Waals surface area contributed by atoms with Gasteiger partial charge in [0.05, 0.1) is 26.9 Å². The lowest BCUT2D eigenvalue weighted by Crippen LogP contribution is -2.45. The van der Waals surface area contributed by atoms with Crippen LogP contribution in [0.15, 0.2) is 42.5 Å². The summed E-state index contributed by atoms with van der Waals surface area (Å²) < 4.78 is 0. The van der Waals surface area contributed by atoms with Gasteiger partial charge < -0.3 is 15.1 Å². The minimum absolute atomic E-state index is 0.0544. The van der Waals surface area contributed by atoms with Gasteiger partial charge in [-0.25, -0.2) is 0 Å². The van der Waals surface area contributed by atoms with Gasteiger partial charge in [0, 0.05) is 31.6 Å². The van der Waals surface area contributed by atoms with Crippen molar-refractivity contribution >= 4 is 46.4 Å². The highest BCUT2D eigenvalue weighted by molar-refractivity contribution is 6.34. The molecule has 2 aromatic carbocycles. The summed E-state index contributed by atoms with van der Waals surface area (Å²) in [6.45, 7) is 1.49. The van der Waals surface area contributed by atoms with Crippen LogP contribution in [0.5, 0.6) is 0 Å². The van der Waals surface area contributed by atoms with Crippen molar-refractivity contribution in [1.29, 1.82) is 0 Å². The normalized spacial score (nSPS) is 15.6. The summed E-state index contributed by atoms with van der Waals surface area (Å²) in [5, 5.41) is 13.5. The minimum Gasteiger partial charge on any atom is -0.332 e. The molecule has 0 aromatic heterocycles. The van der Waals surface area contributed by atoms with Gasteiger partial charge in [-0.1, -0.05) is 23.7 Å². The van der Waals surface area contributed by atoms with Gasteiger partial charge in [0.1, 0.15) is 6.54 Å². The van der Waals surface area contributed by atoms with Crippen molar-refractivity contribution in [1.82, 2.24) is 4.90 Å². The number of fused-ring (bicyclic) bond motifs is 1. The first-order valence-corrected chi connectivity index (χ1v) is 9.47. The summed E-state index contributed by atoms with van der Waals surface area (Å²) in [4.78, 5) is 50.8. The first kappa shape index (κ1) is 21.3. The van der Waals surface area contributed by atoms with E-state index in [0.717, 1.165) is 6.07 Å². The Bertz CT molecular complexity index is 1040. The first-order valence-electron chi connectivity index (χ1n) is 9.09. The number of nitro benzene ring substituents is 1. The van der Waals surface area contributed by atoms with Crippen LogP contribution in [0, 0.1) is 10.1 Å². The number of carbonyl (C=O) groups is 3. The molecule has 0 spiro atoms. The van der Waals surface area contributed by atoms with Gasteiger partial charge in [-0.05, 0) is 25.1 Å². The number of para-hydroxylation sites is 2. The van der Waals surface area contributed by atoms with Gasteiger partial charge >= 0.3 is 0 Å². The van der Waals surface area contributed by atoms with E-state index in [2.05, 4.69) is 5.32 Å². The van der Waals surface area contributed by atoms with E-state index >= 15 is 0 Å². The largest absolute Gasteiger partial charge is 0.332 e. The molecule has 1 N–H and O–H groups in total. The standard InChI is InChI=1S/C20H19ClN4O5/c1-12-9-18(26)22-16-5-3-4-6-17(16)24(12)19(27)11-23(2)20(28)14-8-7-13(25(29)30)10-15(14)21/h3-8,10,12H,9,11H2,1-2H3,(H,22,26)/t12-/m1/s1. The molecule has 3 amide bonds. The highest BCUT2D eigenvalue weighted by Crippen LogP contribution is 2.31. The van der Waals surface area contributed by atoms with E-state index in [-0.39, 0.29) is 41.1 Å². The van der Waals surface area contributed by atoms with Crippen molar-refractivity contribution in [2.45, 2.75) is 19.4 Å². The highest BCUT2D eigenvalue weighted by Gasteiger charge is 2.31. The van der Waals surface area contributed by atoms with Crippen molar-refractivity contribution < 1.29 is 19.3 Å². The minimum atomic E-state index is -0.610. The van der Waals surface area contributed by atoms with Crippen LogP contribution in [0.4, 0.5) is 17.1 Å². The number of hydrogen-bond acceptors (Lipinski definition) is 5. The number of likely N-dealkylation sites (N-methyl/N-ethyl adjacent to an activating group) is 1. The number of hydrogen-bond donors (Lipinski definition) is 1. The molecule has 1 aliphatic rings. The lowest BCUT2D eigenvalue weighted by molar-refractivity contribution is -0.384. The van der Waals surface area contributed by atoms with E-state index in [1.54, 1.807) is 31.2 Å². The summed E-state index contributed by atoms with van der Waals surface area (Å²) in [5.74, 6) is -1.12. The lowest BCUT2D eigenvalue weighted by Gasteiger charge is -2.29. The van der Waals surface area contributed by atoms with E-state index in [9.17, 15) is 24.5 Å². The van der Waals surface area contributed by atoms with Gasteiger partial charge in [0.15, 0.2) is 0 Å². The van der Waals surface area contributed by atoms with Gasteiger partial charge in [0.25, 0.3) is 11.6 Å². The average Bonchev–Trinajstić information content (AvgIpc) is 2.81. The van der Waals surface area contributed by atoms with E-state index in [1.807, 2.05) is 0 Å². The molecule has 3 rings (SSSR count). The molecule has 9 nitrogen and oxygen atoms in total. The molecule has 0 unspecified atom stereocenters. The Labute approximate surface area is 177 Å². The molecule has 1 heterocycles. The summed E-state index contributed by atoms with van der Waals surface area (Å²) in [5.41, 5.74) is 0.892. The summed E-state index contributed by atoms with van der Waals surface area (Å²) in [6, 6.07) is 10.1. The number of anilines is 2. The molecular formula is C20H19ClN4O5. The van der Waals surface area contributed by atoms with E-state index < -0.39 is 16.9 Å². The third kappa shape index (κ3) is 4.25. The maximum atomic E-state index is 13.1. The Morgan fingerprint density at radius 2 is 2.00 bits per heavy atom. The predicted octanol–water partition coefficient (Wildman–Crippen LogP) is 3.08. The monoisotopic (exact) mass is 430 g/mol. The molecule has 0 fully saturated rings. The molecule has 1 atom stereocenters. The number of non-ortho nitro benzene ring substituents is 1. The van der Waals surface area contributed by atoms with E-state index in [4.69, 9.17) is 11.6 Å². The molecule has 1 aliphatic heterocycles. The van der Waals surface area contributed by atoms with E-state index in [0.29, 0.717) is 11.4 Å². The predicted molar refractivity (Wildman–Crippen MR) is 112 cm³/mol. The fourth-order valence-corrected chi connectivity index (χ4v) is 3.57. The first-order chi connectivity index (χ1) is 14.2. The quantitative estimate of drug-likeness (QED) is 0.591. The zero-order valence-electron chi connectivity index (χ0n) is 16.3. The Hall–Kier alpha value is -3.46. The van der Waals surface area contributed by atoms with Crippen molar-refractivity contribution in [3.8, 4) is 0 Å². The zero-order valence-corrected chi connectivity index (χ0v) is 17.0. The van der Waals surface area contributed by atoms with Crippen molar-refractivity contribution in [2.75, 3.05) is 23.8 Å². The van der Waals surface area contributed by atoms with Crippen LogP contribution in [0.2, 0.25) is 5.02 Å². The highest BCUT2D eigenvalue weighted by atomic mass is 35.5. The maximum absolute atomic E-state index is 13.1. The molecule has 0 saturated heterocycles. The second-order valence-electron chi connectivity index (χ2n) is 6.96. The number of nitro groups is 1. The van der Waals surface area contributed by atoms with Crippen LogP contribution in [-0.4, -0.2) is 47.2 Å². The molecule has 156 valence electrons. The van der Waals surface area contributed by atoms with Gasteiger partial charge in [-0.2, -0.15) is 0 Å². The van der Waals surface area contributed by atoms with Crippen molar-refractivity contribution in [2.24, 2.45) is 0 Å². The molecule has 0 radical (unpaired) electrons. The topological polar surface area (TPSA) is 113 Å². The molecule has 0 aliphatic carbocycles. The number of nitrogens with one attached hydrogen (secondary N) is 1. The third-order valence-electron chi connectivity index (χ3n) is 4.74. The maximum Gasteiger partial charge on any atom is 0.270 e. The van der Waals surface area contributed by atoms with Crippen molar-refractivity contribution in [3.05, 3.63) is 63.2 Å². The third-order valence-corrected chi connectivity index (χ3v) is 5.05. The van der Waals surface area contributed by atoms with Gasteiger partial charge in [-0.15, -0.1) is 0 Å². The Morgan fingerprint density at radius 1 is 1.30 bits per heavy atom. The van der Waals surface area contributed by atoms with E-state index in [1.165, 1.54) is 29.0 Å². The molecule has 30 heavy (non-hydrogen) atoms. The Morgan fingerprint density at radius 3 is 2.67 bits per heavy atom. The number of amides is 3. The van der Waals surface area contributed by atoms with Crippen LogP contribution >= 0.6 is 11.6 Å². The fourth-order valence-electron chi connectivity index (χ4n) is 3.32. The van der Waals surface area contributed by atoms with Crippen LogP contribution in [-0.2, 0) is 9.59 Å². The SMILES string of the molecule is C[C@@H]1CC(=O)Nc2ccccc2N1C(=O)CN(C)C(=O)c1ccc([N+](=O)[O-])cc1Cl. The van der Waals surface area contributed by atoms with Crippen molar-refractivity contribution in [3.63, 3.8) is 0 Å². The lowest BCUT2D eigenvalue weighted by atomic mass is 10.1. The molecule has 2 aromatic rings. The number of halogens is 1. The molecule has 10 heteroatoms. The Balaban J connectivity index is 1.82. The van der Waals surface area contributed by atoms with Crippen LogP contribution in [0.1, 0.15) is 23.7 Å². The van der Waals surface area contributed by atoms with Gasteiger partial charge in [-0.3, -0.25) is 24.5 Å². The average molecular weight is 431 g/mol. The molecule has 0 saturated carbocycles. The second kappa shape index (κ2) is 8.50. The number of benzene rings is 2. The number of rotatable bonds is 4. The smallest absolute Gasteiger partial charge is 0.270 e. The zero-order chi connectivity index (χ0) is 22.0. The summed E-state index contributed by atoms with van der Waals surface area (Å²) in [7, 11) is 1.44. The fraction of sp³-hybridized carbons (Fsp3) is 0.250.